The zero-order valence-corrected chi connectivity index (χ0v) is 7.88. The van der Waals surface area contributed by atoms with Crippen molar-refractivity contribution in [2.45, 2.75) is 27.7 Å². The van der Waals surface area contributed by atoms with Gasteiger partial charge in [0.2, 0.25) is 0 Å². The normalized spacial score (nSPS) is 5.78. The van der Waals surface area contributed by atoms with Crippen molar-refractivity contribution in [3.8, 4) is 0 Å². The minimum atomic E-state index is 0. The molecular weight excluding hydrogens is 152 g/mol. The van der Waals surface area contributed by atoms with E-state index in [2.05, 4.69) is 0 Å². The van der Waals surface area contributed by atoms with Crippen LogP contribution < -0.4 is 0 Å². The van der Waals surface area contributed by atoms with Crippen LogP contribution in [0.5, 0.6) is 0 Å². The summed E-state index contributed by atoms with van der Waals surface area (Å²) in [6.45, 7) is 6.11. The van der Waals surface area contributed by atoms with E-state index in [1.165, 1.54) is 27.7 Å². The third-order valence-electron chi connectivity index (χ3n) is 0. The van der Waals surface area contributed by atoms with Gasteiger partial charge in [0.15, 0.2) is 0 Å². The molecule has 0 amide bonds. The average Bonchev–Trinajstić information content (AvgIpc) is 1.25. The summed E-state index contributed by atoms with van der Waals surface area (Å²) in [5, 5.41) is 0. The van der Waals surface area contributed by atoms with Crippen LogP contribution in [0.15, 0.2) is 0 Å². The van der Waals surface area contributed by atoms with Gasteiger partial charge in [0.1, 0.15) is 11.6 Å². The summed E-state index contributed by atoms with van der Waals surface area (Å²) in [4.78, 5) is 18.9. The summed E-state index contributed by atoms with van der Waals surface area (Å²) in [7, 11) is 0. The van der Waals surface area contributed by atoms with Crippen LogP contribution in [0.4, 0.5) is 0 Å². The SMILES string of the molecule is CC(C)=O.CC(C)=O.[Ti]. The number of hydrogen-bond donors (Lipinski definition) is 0. The maximum atomic E-state index is 9.44. The van der Waals surface area contributed by atoms with Crippen molar-refractivity contribution in [3.63, 3.8) is 0 Å². The third kappa shape index (κ3) is 100000. The number of Topliss-reactive ketones (excluding diaryl/α,β-unsaturated/α-hetero) is 2. The van der Waals surface area contributed by atoms with Gasteiger partial charge in [-0.15, -0.1) is 0 Å². The monoisotopic (exact) mass is 164 g/mol. The molecular formula is C6H12O2Ti. The van der Waals surface area contributed by atoms with Crippen molar-refractivity contribution in [1.29, 1.82) is 0 Å². The molecule has 0 aliphatic rings. The van der Waals surface area contributed by atoms with E-state index in [0.717, 1.165) is 0 Å². The van der Waals surface area contributed by atoms with Gasteiger partial charge in [-0.1, -0.05) is 0 Å². The Labute approximate surface area is 70.9 Å². The maximum absolute atomic E-state index is 9.44. The summed E-state index contributed by atoms with van der Waals surface area (Å²) in [6, 6.07) is 0. The maximum Gasteiger partial charge on any atom is 0.126 e. The minimum absolute atomic E-state index is 0. The molecule has 0 aromatic heterocycles. The molecule has 52 valence electrons. The zero-order chi connectivity index (χ0) is 7.15. The second-order valence-electron chi connectivity index (χ2n) is 1.82. The number of carbonyl (C=O) groups excluding carboxylic acids is 2. The first kappa shape index (κ1) is 16.0. The van der Waals surface area contributed by atoms with Crippen molar-refractivity contribution >= 4 is 11.6 Å². The zero-order valence-electron chi connectivity index (χ0n) is 6.32. The van der Waals surface area contributed by atoms with E-state index in [1.807, 2.05) is 0 Å². The third-order valence-corrected chi connectivity index (χ3v) is 0. The quantitative estimate of drug-likeness (QED) is 0.504. The van der Waals surface area contributed by atoms with Crippen LogP contribution in [0.2, 0.25) is 0 Å². The van der Waals surface area contributed by atoms with E-state index in [4.69, 9.17) is 0 Å². The van der Waals surface area contributed by atoms with Crippen LogP contribution in [-0.2, 0) is 31.3 Å². The van der Waals surface area contributed by atoms with Crippen molar-refractivity contribution < 1.29 is 31.3 Å². The molecule has 0 saturated carbocycles. The molecule has 0 aromatic carbocycles. The van der Waals surface area contributed by atoms with Gasteiger partial charge >= 0.3 is 0 Å². The molecule has 0 aliphatic heterocycles. The fraction of sp³-hybridized carbons (Fsp3) is 0.667. The molecule has 0 fully saturated rings. The first-order valence-electron chi connectivity index (χ1n) is 2.41. The minimum Gasteiger partial charge on any atom is -0.300 e. The molecule has 3 heteroatoms. The van der Waals surface area contributed by atoms with E-state index >= 15 is 0 Å². The Morgan fingerprint density at radius 3 is 0.778 bits per heavy atom. The fourth-order valence-corrected chi connectivity index (χ4v) is 0. The summed E-state index contributed by atoms with van der Waals surface area (Å²) >= 11 is 0. The van der Waals surface area contributed by atoms with Crippen molar-refractivity contribution in [2.75, 3.05) is 0 Å². The van der Waals surface area contributed by atoms with Crippen molar-refractivity contribution in [1.82, 2.24) is 0 Å². The molecule has 0 heterocycles. The Hall–Kier alpha value is 0.0543. The molecule has 2 nitrogen and oxygen atoms in total. The largest absolute Gasteiger partial charge is 0.300 e. The Balaban J connectivity index is -0.0000000720. The summed E-state index contributed by atoms with van der Waals surface area (Å²) in [5.41, 5.74) is 0. The number of ketones is 2. The van der Waals surface area contributed by atoms with E-state index in [-0.39, 0.29) is 33.3 Å². The smallest absolute Gasteiger partial charge is 0.126 e. The van der Waals surface area contributed by atoms with Gasteiger partial charge in [-0.05, 0) is 27.7 Å². The van der Waals surface area contributed by atoms with E-state index in [9.17, 15) is 9.59 Å². The number of carbonyl (C=O) groups is 2. The first-order chi connectivity index (χ1) is 3.46. The van der Waals surface area contributed by atoms with Gasteiger partial charge < -0.3 is 9.59 Å². The van der Waals surface area contributed by atoms with Gasteiger partial charge in [-0.25, -0.2) is 0 Å². The molecule has 0 spiro atoms. The van der Waals surface area contributed by atoms with Crippen molar-refractivity contribution in [3.05, 3.63) is 0 Å². The van der Waals surface area contributed by atoms with Gasteiger partial charge in [0.25, 0.3) is 0 Å². The molecule has 0 N–H and O–H groups in total. The fourth-order valence-electron chi connectivity index (χ4n) is 0. The first-order valence-corrected chi connectivity index (χ1v) is 2.41. The predicted molar refractivity (Wildman–Crippen MR) is 32.7 cm³/mol. The van der Waals surface area contributed by atoms with Crippen molar-refractivity contribution in [2.24, 2.45) is 0 Å². The molecule has 9 heavy (non-hydrogen) atoms. The van der Waals surface area contributed by atoms with E-state index in [0.29, 0.717) is 0 Å². The van der Waals surface area contributed by atoms with Crippen LogP contribution in [0, 0.1) is 0 Å². The Bertz CT molecular complexity index is 69.1. The Morgan fingerprint density at radius 1 is 0.778 bits per heavy atom. The standard InChI is InChI=1S/2C3H6O.Ti/c2*1-3(2)4;/h2*1-2H3;. The van der Waals surface area contributed by atoms with E-state index in [1.54, 1.807) is 0 Å². The molecule has 0 atom stereocenters. The molecule has 0 bridgehead atoms. The second-order valence-corrected chi connectivity index (χ2v) is 1.82. The van der Waals surface area contributed by atoms with E-state index < -0.39 is 0 Å². The number of rotatable bonds is 0. The van der Waals surface area contributed by atoms with Crippen LogP contribution in [0.25, 0.3) is 0 Å². The molecule has 0 radical (unpaired) electrons. The van der Waals surface area contributed by atoms with Gasteiger partial charge in [-0.3, -0.25) is 0 Å². The Morgan fingerprint density at radius 2 is 0.778 bits per heavy atom. The van der Waals surface area contributed by atoms with Crippen LogP contribution in [-0.4, -0.2) is 11.6 Å². The van der Waals surface area contributed by atoms with Crippen LogP contribution in [0.1, 0.15) is 27.7 Å². The number of hydrogen-bond acceptors (Lipinski definition) is 2. The molecule has 0 aliphatic carbocycles. The average molecular weight is 164 g/mol. The van der Waals surface area contributed by atoms with Gasteiger partial charge in [0, 0.05) is 21.7 Å². The van der Waals surface area contributed by atoms with Crippen LogP contribution in [0.3, 0.4) is 0 Å². The summed E-state index contributed by atoms with van der Waals surface area (Å²) in [6.07, 6.45) is 0. The predicted octanol–water partition coefficient (Wildman–Crippen LogP) is 1.19. The molecule has 0 unspecified atom stereocenters. The second kappa shape index (κ2) is 10.9. The summed E-state index contributed by atoms with van der Waals surface area (Å²) < 4.78 is 0. The summed E-state index contributed by atoms with van der Waals surface area (Å²) in [5.74, 6) is 0.333. The topological polar surface area (TPSA) is 34.1 Å². The van der Waals surface area contributed by atoms with Gasteiger partial charge in [0.05, 0.1) is 0 Å². The molecule has 0 aromatic rings. The molecule has 0 saturated heterocycles. The molecule has 0 rings (SSSR count). The van der Waals surface area contributed by atoms with Crippen LogP contribution >= 0.6 is 0 Å². The van der Waals surface area contributed by atoms with Gasteiger partial charge in [-0.2, -0.15) is 0 Å². The Kier molecular flexibility index (Phi) is 19.5.